The molecule has 37 heavy (non-hydrogen) atoms. The highest BCUT2D eigenvalue weighted by molar-refractivity contribution is 6.00. The molecule has 4 aromatic rings. The van der Waals surface area contributed by atoms with Gasteiger partial charge in [0.2, 0.25) is 11.9 Å². The van der Waals surface area contributed by atoms with Crippen LogP contribution >= 0.6 is 0 Å². The number of likely N-dealkylation sites (N-methyl/N-ethyl adjacent to an activating group) is 1. The van der Waals surface area contributed by atoms with Gasteiger partial charge in [-0.2, -0.15) is 5.10 Å². The van der Waals surface area contributed by atoms with Crippen LogP contribution in [0.4, 0.5) is 21.7 Å². The number of hydrogen-bond acceptors (Lipinski definition) is 8. The summed E-state index contributed by atoms with van der Waals surface area (Å²) in [5.41, 5.74) is 3.16. The zero-order chi connectivity index (χ0) is 25.9. The van der Waals surface area contributed by atoms with E-state index in [9.17, 15) is 9.18 Å². The van der Waals surface area contributed by atoms with Crippen molar-refractivity contribution in [2.45, 2.75) is 12.5 Å². The number of fused-ring (bicyclic) bond motifs is 1. The largest absolute Gasteiger partial charge is 0.494 e. The molecule has 1 amide bonds. The summed E-state index contributed by atoms with van der Waals surface area (Å²) >= 11 is 0. The van der Waals surface area contributed by atoms with Crippen molar-refractivity contribution in [1.82, 2.24) is 25.1 Å². The summed E-state index contributed by atoms with van der Waals surface area (Å²) in [5, 5.41) is 13.1. The number of aromatic nitrogens is 4. The second kappa shape index (κ2) is 10.2. The molecule has 1 aliphatic heterocycles. The maximum atomic E-state index is 13.8. The molecule has 3 heterocycles. The number of benzene rings is 2. The smallest absolute Gasteiger partial charge is 0.247 e. The van der Waals surface area contributed by atoms with Crippen LogP contribution in [0.25, 0.3) is 22.3 Å². The third kappa shape index (κ3) is 5.21. The average molecular weight is 504 g/mol. The highest BCUT2D eigenvalue weighted by Gasteiger charge is 2.24. The Morgan fingerprint density at radius 3 is 2.86 bits per heavy atom. The number of methoxy groups -OCH3 is 1. The predicted molar refractivity (Wildman–Crippen MR) is 139 cm³/mol. The number of amides is 1. The van der Waals surface area contributed by atoms with Crippen LogP contribution in [0.3, 0.4) is 0 Å². The summed E-state index contributed by atoms with van der Waals surface area (Å²) in [6.45, 7) is 5.25. The van der Waals surface area contributed by atoms with Crippen LogP contribution in [0, 0.1) is 5.82 Å². The van der Waals surface area contributed by atoms with Gasteiger partial charge in [0.1, 0.15) is 40.1 Å². The Hall–Kier alpha value is -4.51. The lowest BCUT2D eigenvalue weighted by molar-refractivity contribution is -0.111. The van der Waals surface area contributed by atoms with E-state index < -0.39 is 0 Å². The van der Waals surface area contributed by atoms with Gasteiger partial charge in [-0.15, -0.1) is 0 Å². The Kier molecular flexibility index (Phi) is 6.69. The van der Waals surface area contributed by atoms with Crippen molar-refractivity contribution >= 4 is 34.3 Å². The Bertz CT molecular complexity index is 1470. The Morgan fingerprint density at radius 1 is 1.27 bits per heavy atom. The summed E-state index contributed by atoms with van der Waals surface area (Å²) in [6, 6.07) is 9.55. The molecule has 5 rings (SSSR count). The predicted octanol–water partition coefficient (Wildman–Crippen LogP) is 4.12. The molecule has 10 nitrogen and oxygen atoms in total. The van der Waals surface area contributed by atoms with Gasteiger partial charge in [0.25, 0.3) is 0 Å². The van der Waals surface area contributed by atoms with Gasteiger partial charge >= 0.3 is 0 Å². The number of likely N-dealkylation sites (tertiary alicyclic amines) is 1. The van der Waals surface area contributed by atoms with Gasteiger partial charge in [-0.05, 0) is 37.7 Å². The monoisotopic (exact) mass is 503 g/mol. The SMILES string of the molecule is C=CC(=O)Nc1cc(Nc2ncc3[nH]nc(-c4cccc(F)c4)c3n2)c(OC)cc1OC1CCN(C)C1. The van der Waals surface area contributed by atoms with E-state index in [2.05, 4.69) is 42.3 Å². The number of aromatic amines is 1. The molecule has 1 atom stereocenters. The first-order valence-corrected chi connectivity index (χ1v) is 11.7. The molecule has 1 unspecified atom stereocenters. The molecule has 1 fully saturated rings. The highest BCUT2D eigenvalue weighted by Crippen LogP contribution is 2.39. The van der Waals surface area contributed by atoms with Crippen LogP contribution in [0.1, 0.15) is 6.42 Å². The van der Waals surface area contributed by atoms with Gasteiger partial charge in [0, 0.05) is 24.7 Å². The van der Waals surface area contributed by atoms with E-state index in [4.69, 9.17) is 9.47 Å². The number of anilines is 3. The van der Waals surface area contributed by atoms with Crippen molar-refractivity contribution in [2.24, 2.45) is 0 Å². The van der Waals surface area contributed by atoms with Crippen LogP contribution in [-0.4, -0.2) is 64.3 Å². The van der Waals surface area contributed by atoms with Gasteiger partial charge < -0.3 is 25.0 Å². The Labute approximate surface area is 212 Å². The number of ether oxygens (including phenoxy) is 2. The molecular formula is C26H26FN7O3. The van der Waals surface area contributed by atoms with Crippen LogP contribution in [0.5, 0.6) is 11.5 Å². The highest BCUT2D eigenvalue weighted by atomic mass is 19.1. The first-order chi connectivity index (χ1) is 17.9. The summed E-state index contributed by atoms with van der Waals surface area (Å²) < 4.78 is 25.6. The van der Waals surface area contributed by atoms with Crippen LogP contribution in [0.15, 0.2) is 55.3 Å². The molecule has 190 valence electrons. The van der Waals surface area contributed by atoms with Crippen LogP contribution < -0.4 is 20.1 Å². The quantitative estimate of drug-likeness (QED) is 0.308. The second-order valence-corrected chi connectivity index (χ2v) is 8.70. The van der Waals surface area contributed by atoms with E-state index in [0.29, 0.717) is 45.2 Å². The summed E-state index contributed by atoms with van der Waals surface area (Å²) in [5.74, 6) is 0.473. The maximum Gasteiger partial charge on any atom is 0.247 e. The molecule has 0 aliphatic carbocycles. The molecule has 2 aromatic heterocycles. The van der Waals surface area contributed by atoms with Crippen molar-refractivity contribution in [3.8, 4) is 22.8 Å². The third-order valence-corrected chi connectivity index (χ3v) is 6.03. The van der Waals surface area contributed by atoms with E-state index in [-0.39, 0.29) is 23.8 Å². The number of carbonyl (C=O) groups excluding carboxylic acids is 1. The van der Waals surface area contributed by atoms with E-state index in [0.717, 1.165) is 19.5 Å². The number of H-pyrrole nitrogens is 1. The topological polar surface area (TPSA) is 117 Å². The van der Waals surface area contributed by atoms with E-state index in [1.165, 1.54) is 25.3 Å². The molecule has 0 bridgehead atoms. The fourth-order valence-electron chi connectivity index (χ4n) is 4.21. The number of nitrogens with zero attached hydrogens (tertiary/aromatic N) is 4. The second-order valence-electron chi connectivity index (χ2n) is 8.70. The fraction of sp³-hybridized carbons (Fsp3) is 0.231. The number of halogens is 1. The minimum absolute atomic E-state index is 0.0130. The van der Waals surface area contributed by atoms with Crippen molar-refractivity contribution < 1.29 is 18.7 Å². The molecule has 1 saturated heterocycles. The fourth-order valence-corrected chi connectivity index (χ4v) is 4.21. The van der Waals surface area contributed by atoms with Crippen LogP contribution in [-0.2, 0) is 4.79 Å². The number of rotatable bonds is 8. The minimum Gasteiger partial charge on any atom is -0.494 e. The lowest BCUT2D eigenvalue weighted by atomic mass is 10.1. The number of hydrogen-bond donors (Lipinski definition) is 3. The molecule has 0 spiro atoms. The molecule has 0 saturated carbocycles. The van der Waals surface area contributed by atoms with Crippen molar-refractivity contribution in [1.29, 1.82) is 0 Å². The molecule has 11 heteroatoms. The zero-order valence-electron chi connectivity index (χ0n) is 20.4. The molecule has 0 radical (unpaired) electrons. The summed E-state index contributed by atoms with van der Waals surface area (Å²) in [7, 11) is 3.58. The summed E-state index contributed by atoms with van der Waals surface area (Å²) in [6.07, 6.45) is 3.64. The summed E-state index contributed by atoms with van der Waals surface area (Å²) in [4.78, 5) is 23.3. The van der Waals surface area contributed by atoms with E-state index in [1.54, 1.807) is 30.5 Å². The normalized spacial score (nSPS) is 15.5. The Balaban J connectivity index is 1.50. The van der Waals surface area contributed by atoms with Gasteiger partial charge in [0.15, 0.2) is 0 Å². The van der Waals surface area contributed by atoms with E-state index >= 15 is 0 Å². The zero-order valence-corrected chi connectivity index (χ0v) is 20.4. The first-order valence-electron chi connectivity index (χ1n) is 11.7. The van der Waals surface area contributed by atoms with Gasteiger partial charge in [-0.1, -0.05) is 18.7 Å². The van der Waals surface area contributed by atoms with Crippen molar-refractivity contribution in [2.75, 3.05) is 37.9 Å². The molecular weight excluding hydrogens is 477 g/mol. The van der Waals surface area contributed by atoms with Crippen LogP contribution in [0.2, 0.25) is 0 Å². The van der Waals surface area contributed by atoms with Gasteiger partial charge in [-0.3, -0.25) is 9.89 Å². The lowest BCUT2D eigenvalue weighted by Crippen LogP contribution is -2.22. The first kappa shape index (κ1) is 24.2. The average Bonchev–Trinajstić information content (AvgIpc) is 3.50. The number of nitrogens with one attached hydrogen (secondary N) is 3. The Morgan fingerprint density at radius 2 is 2.14 bits per heavy atom. The van der Waals surface area contributed by atoms with Crippen molar-refractivity contribution in [3.05, 3.63) is 61.1 Å². The molecule has 3 N–H and O–H groups in total. The molecule has 2 aromatic carbocycles. The number of carbonyl (C=O) groups is 1. The standard InChI is InChI=1S/C26H26FN7O3/c1-4-23(35)29-19-11-18(21(36-3)12-22(19)37-17-8-9-34(2)14-17)30-26-28-13-20-25(31-26)24(33-32-20)15-6-5-7-16(27)10-15/h4-7,10-13,17H,1,8-9,14H2,2-3H3,(H,29,35)(H,32,33)(H,28,30,31). The lowest BCUT2D eigenvalue weighted by Gasteiger charge is -2.20. The molecule has 1 aliphatic rings. The van der Waals surface area contributed by atoms with Gasteiger partial charge in [0.05, 0.1) is 24.7 Å². The van der Waals surface area contributed by atoms with Gasteiger partial charge in [-0.25, -0.2) is 14.4 Å². The minimum atomic E-state index is -0.375. The van der Waals surface area contributed by atoms with E-state index in [1.807, 2.05) is 7.05 Å². The third-order valence-electron chi connectivity index (χ3n) is 6.03. The maximum absolute atomic E-state index is 13.8. The van der Waals surface area contributed by atoms with Crippen molar-refractivity contribution in [3.63, 3.8) is 0 Å².